The Hall–Kier alpha value is -1.46. The molecule has 1 aromatic carbocycles. The first-order valence-corrected chi connectivity index (χ1v) is 6.10. The Morgan fingerprint density at radius 3 is 2.78 bits per heavy atom. The number of amides is 1. The molecule has 0 aliphatic carbocycles. The highest BCUT2D eigenvalue weighted by atomic mass is 79.9. The lowest BCUT2D eigenvalue weighted by Crippen LogP contribution is -2.13. The largest absolute Gasteiger partial charge is 0.320 e. The second kappa shape index (κ2) is 5.46. The summed E-state index contributed by atoms with van der Waals surface area (Å²) in [5, 5.41) is 2.79. The van der Waals surface area contributed by atoms with Crippen molar-refractivity contribution >= 4 is 39.1 Å². The molecule has 0 aliphatic heterocycles. The van der Waals surface area contributed by atoms with E-state index in [0.29, 0.717) is 5.69 Å². The molecule has 0 fully saturated rings. The lowest BCUT2D eigenvalue weighted by Gasteiger charge is -2.06. The number of nitrogens with zero attached hydrogens (tertiary/aromatic N) is 1. The topological polar surface area (TPSA) is 42.0 Å². The molecule has 2 rings (SSSR count). The van der Waals surface area contributed by atoms with Crippen molar-refractivity contribution < 1.29 is 9.18 Å². The number of pyridine rings is 1. The van der Waals surface area contributed by atoms with E-state index in [1.54, 1.807) is 12.3 Å². The summed E-state index contributed by atoms with van der Waals surface area (Å²) in [6.07, 6.45) is 3.05. The molecular formula is C12H7BrClFN2O. The number of hydrogen-bond acceptors (Lipinski definition) is 2. The van der Waals surface area contributed by atoms with Crippen LogP contribution < -0.4 is 5.32 Å². The molecule has 0 bridgehead atoms. The van der Waals surface area contributed by atoms with Crippen LogP contribution in [0.5, 0.6) is 0 Å². The third-order valence-electron chi connectivity index (χ3n) is 2.14. The second-order valence-electron chi connectivity index (χ2n) is 3.47. The average molecular weight is 330 g/mol. The van der Waals surface area contributed by atoms with Gasteiger partial charge in [0, 0.05) is 15.7 Å². The Kier molecular flexibility index (Phi) is 3.93. The lowest BCUT2D eigenvalue weighted by molar-refractivity contribution is 0.102. The van der Waals surface area contributed by atoms with E-state index in [9.17, 15) is 9.18 Å². The third-order valence-corrected chi connectivity index (χ3v) is 2.81. The Morgan fingerprint density at radius 2 is 2.11 bits per heavy atom. The molecule has 2 aromatic rings. The molecular weight excluding hydrogens is 322 g/mol. The molecule has 0 saturated heterocycles. The first-order chi connectivity index (χ1) is 8.56. The fourth-order valence-electron chi connectivity index (χ4n) is 1.35. The molecule has 92 valence electrons. The molecule has 0 saturated carbocycles. The van der Waals surface area contributed by atoms with Crippen molar-refractivity contribution in [2.24, 2.45) is 0 Å². The van der Waals surface area contributed by atoms with Gasteiger partial charge in [-0.1, -0.05) is 11.6 Å². The zero-order valence-electron chi connectivity index (χ0n) is 8.95. The smallest absolute Gasteiger partial charge is 0.258 e. The molecule has 1 N–H and O–H groups in total. The monoisotopic (exact) mass is 328 g/mol. The second-order valence-corrected chi connectivity index (χ2v) is 4.82. The zero-order valence-corrected chi connectivity index (χ0v) is 11.3. The quantitative estimate of drug-likeness (QED) is 0.908. The molecule has 1 heterocycles. The molecule has 6 heteroatoms. The number of halogens is 3. The zero-order chi connectivity index (χ0) is 13.1. The maximum absolute atomic E-state index is 13.5. The van der Waals surface area contributed by atoms with Gasteiger partial charge in [0.15, 0.2) is 0 Å². The summed E-state index contributed by atoms with van der Waals surface area (Å²) in [5.74, 6) is -1.22. The molecule has 0 radical (unpaired) electrons. The van der Waals surface area contributed by atoms with Crippen LogP contribution in [0.15, 0.2) is 41.1 Å². The SMILES string of the molecule is O=C(Nc1cncc(Br)c1)c1ccc(Cl)cc1F. The minimum absolute atomic E-state index is 0.0700. The Bertz CT molecular complexity index is 606. The van der Waals surface area contributed by atoms with Crippen LogP contribution >= 0.6 is 27.5 Å². The van der Waals surface area contributed by atoms with E-state index in [-0.39, 0.29) is 10.6 Å². The first-order valence-electron chi connectivity index (χ1n) is 4.93. The van der Waals surface area contributed by atoms with Crippen LogP contribution in [0.4, 0.5) is 10.1 Å². The van der Waals surface area contributed by atoms with Gasteiger partial charge in [0.1, 0.15) is 5.82 Å². The minimum atomic E-state index is -0.664. The van der Waals surface area contributed by atoms with Gasteiger partial charge in [0.25, 0.3) is 5.91 Å². The summed E-state index contributed by atoms with van der Waals surface area (Å²) < 4.78 is 14.2. The first kappa shape index (κ1) is 13.0. The van der Waals surface area contributed by atoms with Gasteiger partial charge < -0.3 is 5.32 Å². The highest BCUT2D eigenvalue weighted by Gasteiger charge is 2.12. The van der Waals surface area contributed by atoms with Gasteiger partial charge >= 0.3 is 0 Å². The number of hydrogen-bond donors (Lipinski definition) is 1. The van der Waals surface area contributed by atoms with Crippen LogP contribution in [0, 0.1) is 5.82 Å². The van der Waals surface area contributed by atoms with Crippen LogP contribution in [0.1, 0.15) is 10.4 Å². The number of aromatic nitrogens is 1. The van der Waals surface area contributed by atoms with Crippen LogP contribution in [-0.2, 0) is 0 Å². The normalized spacial score (nSPS) is 10.2. The predicted octanol–water partition coefficient (Wildman–Crippen LogP) is 3.89. The van der Waals surface area contributed by atoms with E-state index in [4.69, 9.17) is 11.6 Å². The van der Waals surface area contributed by atoms with Gasteiger partial charge in [-0.05, 0) is 40.2 Å². The maximum Gasteiger partial charge on any atom is 0.258 e. The van der Waals surface area contributed by atoms with Crippen LogP contribution in [-0.4, -0.2) is 10.9 Å². The van der Waals surface area contributed by atoms with Gasteiger partial charge in [-0.15, -0.1) is 0 Å². The van der Waals surface area contributed by atoms with E-state index >= 15 is 0 Å². The molecule has 18 heavy (non-hydrogen) atoms. The van der Waals surface area contributed by atoms with Crippen molar-refractivity contribution in [2.45, 2.75) is 0 Å². The van der Waals surface area contributed by atoms with Gasteiger partial charge in [0.05, 0.1) is 17.4 Å². The van der Waals surface area contributed by atoms with E-state index in [2.05, 4.69) is 26.2 Å². The third kappa shape index (κ3) is 3.05. The number of anilines is 1. The van der Waals surface area contributed by atoms with Gasteiger partial charge in [0.2, 0.25) is 0 Å². The number of carbonyl (C=O) groups is 1. The Balaban J connectivity index is 2.22. The number of rotatable bonds is 2. The van der Waals surface area contributed by atoms with Crippen molar-refractivity contribution in [3.63, 3.8) is 0 Å². The van der Waals surface area contributed by atoms with Crippen molar-refractivity contribution in [1.82, 2.24) is 4.98 Å². The number of carbonyl (C=O) groups excluding carboxylic acids is 1. The van der Waals surface area contributed by atoms with Crippen molar-refractivity contribution in [2.75, 3.05) is 5.32 Å². The summed E-state index contributed by atoms with van der Waals surface area (Å²) in [7, 11) is 0. The van der Waals surface area contributed by atoms with Crippen LogP contribution in [0.2, 0.25) is 5.02 Å². The van der Waals surface area contributed by atoms with Crippen molar-refractivity contribution in [3.8, 4) is 0 Å². The average Bonchev–Trinajstić information content (AvgIpc) is 2.28. The predicted molar refractivity (Wildman–Crippen MR) is 71.3 cm³/mol. The Morgan fingerprint density at radius 1 is 1.33 bits per heavy atom. The van der Waals surface area contributed by atoms with Crippen LogP contribution in [0.25, 0.3) is 0 Å². The lowest BCUT2D eigenvalue weighted by atomic mass is 10.2. The minimum Gasteiger partial charge on any atom is -0.320 e. The van der Waals surface area contributed by atoms with Crippen molar-refractivity contribution in [3.05, 3.63) is 57.5 Å². The molecule has 3 nitrogen and oxygen atoms in total. The summed E-state index contributed by atoms with van der Waals surface area (Å²) in [4.78, 5) is 15.7. The Labute approximate surface area is 116 Å². The van der Waals surface area contributed by atoms with Gasteiger partial charge in [-0.2, -0.15) is 0 Å². The van der Waals surface area contributed by atoms with E-state index < -0.39 is 11.7 Å². The highest BCUT2D eigenvalue weighted by Crippen LogP contribution is 2.18. The molecule has 0 atom stereocenters. The molecule has 0 unspecified atom stereocenters. The van der Waals surface area contributed by atoms with E-state index in [1.165, 1.54) is 18.3 Å². The summed E-state index contributed by atoms with van der Waals surface area (Å²) >= 11 is 8.84. The van der Waals surface area contributed by atoms with Crippen molar-refractivity contribution in [1.29, 1.82) is 0 Å². The summed E-state index contributed by atoms with van der Waals surface area (Å²) in [5.41, 5.74) is 0.406. The molecule has 0 spiro atoms. The number of benzene rings is 1. The number of nitrogens with one attached hydrogen (secondary N) is 1. The highest BCUT2D eigenvalue weighted by molar-refractivity contribution is 9.10. The fourth-order valence-corrected chi connectivity index (χ4v) is 1.88. The molecule has 0 aliphatic rings. The summed E-state index contributed by atoms with van der Waals surface area (Å²) in [6, 6.07) is 5.55. The maximum atomic E-state index is 13.5. The van der Waals surface area contributed by atoms with E-state index in [0.717, 1.165) is 10.5 Å². The fraction of sp³-hybridized carbons (Fsp3) is 0. The summed E-state index contributed by atoms with van der Waals surface area (Å²) in [6.45, 7) is 0. The van der Waals surface area contributed by atoms with E-state index in [1.807, 2.05) is 0 Å². The molecule has 1 amide bonds. The molecule has 1 aromatic heterocycles. The van der Waals surface area contributed by atoms with Gasteiger partial charge in [-0.25, -0.2) is 4.39 Å². The standard InChI is InChI=1S/C12H7BrClFN2O/c13-7-3-9(6-16-5-7)17-12(18)10-2-1-8(14)4-11(10)15/h1-6H,(H,17,18). The van der Waals surface area contributed by atoms with Crippen LogP contribution in [0.3, 0.4) is 0 Å². The van der Waals surface area contributed by atoms with Gasteiger partial charge in [-0.3, -0.25) is 9.78 Å².